The van der Waals surface area contributed by atoms with Crippen LogP contribution in [0.3, 0.4) is 0 Å². The molecule has 1 aromatic heterocycles. The van der Waals surface area contributed by atoms with Gasteiger partial charge in [0.05, 0.1) is 11.1 Å². The molecule has 2 N–H and O–H groups in total. The largest absolute Gasteiger partial charge is 0.507 e. The highest BCUT2D eigenvalue weighted by atomic mass is 19.1. The van der Waals surface area contributed by atoms with Crippen molar-refractivity contribution in [1.82, 2.24) is 15.3 Å². The molecule has 1 fully saturated rings. The van der Waals surface area contributed by atoms with Gasteiger partial charge in [0.2, 0.25) is 0 Å². The van der Waals surface area contributed by atoms with E-state index < -0.39 is 0 Å². The number of hydrogen-bond donors (Lipinski definition) is 2. The summed E-state index contributed by atoms with van der Waals surface area (Å²) in [6.45, 7) is 8.08. The number of anilines is 1. The zero-order chi connectivity index (χ0) is 19.9. The Labute approximate surface area is 164 Å². The summed E-state index contributed by atoms with van der Waals surface area (Å²) in [5.41, 5.74) is 1.26. The number of phenols is 1. The first kappa shape index (κ1) is 18.6. The highest BCUT2D eigenvalue weighted by molar-refractivity contribution is 5.91. The van der Waals surface area contributed by atoms with Gasteiger partial charge in [0.25, 0.3) is 0 Å². The Morgan fingerprint density at radius 1 is 1.14 bits per heavy atom. The number of nitrogens with one attached hydrogen (secondary N) is 1. The molecule has 0 amide bonds. The average Bonchev–Trinajstić information content (AvgIpc) is 3.07. The SMILES string of the molecule is CC(C)(C)N[C@@H]1CCN(c2nc(-c3ccccc3O)nc3ccc(F)cc23)C1. The quantitative estimate of drug-likeness (QED) is 0.716. The summed E-state index contributed by atoms with van der Waals surface area (Å²) in [7, 11) is 0. The third-order valence-electron chi connectivity index (χ3n) is 4.91. The van der Waals surface area contributed by atoms with Gasteiger partial charge < -0.3 is 15.3 Å². The standard InChI is InChI=1S/C22H25FN4O/c1-22(2,3)26-15-10-11-27(13-15)21-17-12-14(23)8-9-18(17)24-20(25-21)16-6-4-5-7-19(16)28/h4-9,12,15,26,28H,10-11,13H2,1-3H3/t15-/m1/s1. The highest BCUT2D eigenvalue weighted by Crippen LogP contribution is 2.33. The van der Waals surface area contributed by atoms with Crippen LogP contribution in [0.5, 0.6) is 5.75 Å². The fraction of sp³-hybridized carbons (Fsp3) is 0.364. The Morgan fingerprint density at radius 2 is 1.93 bits per heavy atom. The molecule has 146 valence electrons. The van der Waals surface area contributed by atoms with Crippen LogP contribution in [0.2, 0.25) is 0 Å². The number of nitrogens with zero attached hydrogens (tertiary/aromatic N) is 3. The van der Waals surface area contributed by atoms with E-state index in [9.17, 15) is 9.50 Å². The molecule has 0 radical (unpaired) electrons. The van der Waals surface area contributed by atoms with Gasteiger partial charge in [-0.2, -0.15) is 0 Å². The summed E-state index contributed by atoms with van der Waals surface area (Å²) in [5, 5.41) is 14.6. The predicted octanol–water partition coefficient (Wildman–Crippen LogP) is 4.11. The molecule has 0 bridgehead atoms. The lowest BCUT2D eigenvalue weighted by Gasteiger charge is -2.26. The van der Waals surface area contributed by atoms with Gasteiger partial charge in [-0.15, -0.1) is 0 Å². The molecule has 0 aliphatic carbocycles. The Kier molecular flexibility index (Phi) is 4.67. The molecule has 1 aliphatic rings. The molecular formula is C22H25FN4O. The van der Waals surface area contributed by atoms with Crippen molar-refractivity contribution in [3.63, 3.8) is 0 Å². The third kappa shape index (κ3) is 3.78. The maximum Gasteiger partial charge on any atom is 0.165 e. The molecular weight excluding hydrogens is 355 g/mol. The minimum atomic E-state index is -0.309. The van der Waals surface area contributed by atoms with Crippen molar-refractivity contribution < 1.29 is 9.50 Å². The maximum absolute atomic E-state index is 14.0. The van der Waals surface area contributed by atoms with Crippen LogP contribution in [0.4, 0.5) is 10.2 Å². The second kappa shape index (κ2) is 7.02. The van der Waals surface area contributed by atoms with Crippen LogP contribution >= 0.6 is 0 Å². The minimum absolute atomic E-state index is 0.0293. The number of rotatable bonds is 3. The van der Waals surface area contributed by atoms with E-state index in [2.05, 4.69) is 36.0 Å². The van der Waals surface area contributed by atoms with Crippen molar-refractivity contribution in [1.29, 1.82) is 0 Å². The molecule has 2 aromatic carbocycles. The number of benzene rings is 2. The second-order valence-electron chi connectivity index (χ2n) is 8.38. The van der Waals surface area contributed by atoms with E-state index in [1.54, 1.807) is 24.3 Å². The third-order valence-corrected chi connectivity index (χ3v) is 4.91. The van der Waals surface area contributed by atoms with Crippen LogP contribution in [0.15, 0.2) is 42.5 Å². The fourth-order valence-corrected chi connectivity index (χ4v) is 3.79. The van der Waals surface area contributed by atoms with Crippen LogP contribution in [0.1, 0.15) is 27.2 Å². The van der Waals surface area contributed by atoms with Gasteiger partial charge in [-0.05, 0) is 57.5 Å². The fourth-order valence-electron chi connectivity index (χ4n) is 3.79. The Balaban J connectivity index is 1.78. The number of para-hydroxylation sites is 1. The first-order chi connectivity index (χ1) is 13.3. The number of halogens is 1. The average molecular weight is 380 g/mol. The summed E-state index contributed by atoms with van der Waals surface area (Å²) in [4.78, 5) is 11.5. The van der Waals surface area contributed by atoms with Crippen LogP contribution in [-0.4, -0.2) is 39.7 Å². The van der Waals surface area contributed by atoms with E-state index in [-0.39, 0.29) is 17.1 Å². The monoisotopic (exact) mass is 380 g/mol. The molecule has 1 atom stereocenters. The zero-order valence-electron chi connectivity index (χ0n) is 16.4. The molecule has 0 unspecified atom stereocenters. The number of hydrogen-bond acceptors (Lipinski definition) is 5. The molecule has 28 heavy (non-hydrogen) atoms. The smallest absolute Gasteiger partial charge is 0.165 e. The van der Waals surface area contributed by atoms with Crippen molar-refractivity contribution in [2.45, 2.75) is 38.8 Å². The second-order valence-corrected chi connectivity index (χ2v) is 8.38. The summed E-state index contributed by atoms with van der Waals surface area (Å²) in [6.07, 6.45) is 0.990. The molecule has 4 rings (SSSR count). The lowest BCUT2D eigenvalue weighted by atomic mass is 10.1. The van der Waals surface area contributed by atoms with Gasteiger partial charge in [0, 0.05) is 30.1 Å². The number of phenolic OH excluding ortho intramolecular Hbond substituents is 1. The van der Waals surface area contributed by atoms with Crippen LogP contribution in [-0.2, 0) is 0 Å². The van der Waals surface area contributed by atoms with E-state index in [1.807, 2.05) is 6.07 Å². The Bertz CT molecular complexity index is 1020. The van der Waals surface area contributed by atoms with Crippen LogP contribution in [0.25, 0.3) is 22.3 Å². The van der Waals surface area contributed by atoms with Crippen molar-refractivity contribution in [3.05, 3.63) is 48.3 Å². The zero-order valence-corrected chi connectivity index (χ0v) is 16.4. The normalized spacial score (nSPS) is 17.4. The van der Waals surface area contributed by atoms with Gasteiger partial charge in [-0.25, -0.2) is 14.4 Å². The van der Waals surface area contributed by atoms with Gasteiger partial charge in [0.15, 0.2) is 5.82 Å². The molecule has 1 saturated heterocycles. The molecule has 5 nitrogen and oxygen atoms in total. The molecule has 6 heteroatoms. The Morgan fingerprint density at radius 3 is 2.68 bits per heavy atom. The van der Waals surface area contributed by atoms with Gasteiger partial charge in [-0.1, -0.05) is 12.1 Å². The maximum atomic E-state index is 14.0. The lowest BCUT2D eigenvalue weighted by Crippen LogP contribution is -2.45. The Hall–Kier alpha value is -2.73. The van der Waals surface area contributed by atoms with Crippen molar-refractivity contribution in [2.24, 2.45) is 0 Å². The van der Waals surface area contributed by atoms with Crippen molar-refractivity contribution in [3.8, 4) is 17.1 Å². The molecule has 2 heterocycles. The first-order valence-corrected chi connectivity index (χ1v) is 9.58. The number of aromatic hydroxyl groups is 1. The van der Waals surface area contributed by atoms with E-state index in [4.69, 9.17) is 4.98 Å². The summed E-state index contributed by atoms with van der Waals surface area (Å²) in [5.74, 6) is 0.972. The molecule has 0 saturated carbocycles. The van der Waals surface area contributed by atoms with Crippen molar-refractivity contribution >= 4 is 16.7 Å². The first-order valence-electron chi connectivity index (χ1n) is 9.58. The van der Waals surface area contributed by atoms with Crippen LogP contribution in [0, 0.1) is 5.82 Å². The van der Waals surface area contributed by atoms with Crippen molar-refractivity contribution in [2.75, 3.05) is 18.0 Å². The van der Waals surface area contributed by atoms with E-state index in [0.717, 1.165) is 19.5 Å². The van der Waals surface area contributed by atoms with E-state index in [1.165, 1.54) is 12.1 Å². The van der Waals surface area contributed by atoms with Gasteiger partial charge in [-0.3, -0.25) is 0 Å². The van der Waals surface area contributed by atoms with Gasteiger partial charge >= 0.3 is 0 Å². The molecule has 1 aliphatic heterocycles. The van der Waals surface area contributed by atoms with Crippen LogP contribution < -0.4 is 10.2 Å². The summed E-state index contributed by atoms with van der Waals surface area (Å²) in [6, 6.07) is 11.9. The predicted molar refractivity (Wildman–Crippen MR) is 110 cm³/mol. The topological polar surface area (TPSA) is 61.3 Å². The highest BCUT2D eigenvalue weighted by Gasteiger charge is 2.28. The van der Waals surface area contributed by atoms with E-state index in [0.29, 0.717) is 34.2 Å². The number of fused-ring (bicyclic) bond motifs is 1. The molecule has 3 aromatic rings. The number of aromatic nitrogens is 2. The van der Waals surface area contributed by atoms with E-state index >= 15 is 0 Å². The minimum Gasteiger partial charge on any atom is -0.507 e. The lowest BCUT2D eigenvalue weighted by molar-refractivity contribution is 0.373. The summed E-state index contributed by atoms with van der Waals surface area (Å²) < 4.78 is 14.0. The van der Waals surface area contributed by atoms with Gasteiger partial charge in [0.1, 0.15) is 17.4 Å². The summed E-state index contributed by atoms with van der Waals surface area (Å²) >= 11 is 0. The molecule has 0 spiro atoms.